The van der Waals surface area contributed by atoms with Gasteiger partial charge in [0.15, 0.2) is 0 Å². The first-order valence-electron chi connectivity index (χ1n) is 4.07. The number of nitrogens with one attached hydrogen (secondary N) is 1. The van der Waals surface area contributed by atoms with Crippen LogP contribution >= 0.6 is 8.25 Å². The van der Waals surface area contributed by atoms with Crippen molar-refractivity contribution >= 4 is 89.2 Å². The Morgan fingerprint density at radius 1 is 1.50 bits per heavy atom. The molecule has 0 amide bonds. The van der Waals surface area contributed by atoms with Crippen LogP contribution in [-0.4, -0.2) is 101 Å². The third-order valence-electron chi connectivity index (χ3n) is 1.12. The monoisotopic (exact) mass is 260 g/mol. The molecule has 0 fully saturated rings. The third kappa shape index (κ3) is 17.1. The van der Waals surface area contributed by atoms with Crippen LogP contribution in [0.5, 0.6) is 0 Å². The second-order valence-corrected chi connectivity index (χ2v) is 3.23. The van der Waals surface area contributed by atoms with Gasteiger partial charge in [0, 0.05) is 13.1 Å². The first kappa shape index (κ1) is 21.9. The van der Waals surface area contributed by atoms with Crippen LogP contribution in [0, 0.1) is 0 Å². The summed E-state index contributed by atoms with van der Waals surface area (Å²) in [7, 11) is -2.35. The fourth-order valence-corrected chi connectivity index (χ4v) is 1.09. The van der Waals surface area contributed by atoms with Gasteiger partial charge in [-0.05, 0) is 6.42 Å². The molecule has 5 nitrogen and oxygen atoms in total. The molecule has 0 aliphatic heterocycles. The van der Waals surface area contributed by atoms with Crippen molar-refractivity contribution in [2.45, 2.75) is 19.8 Å². The SMILES string of the molecule is CCCCO[PH](=O)ONCCN.[KH].[NaH]. The van der Waals surface area contributed by atoms with Gasteiger partial charge in [-0.3, -0.25) is 4.57 Å². The van der Waals surface area contributed by atoms with Gasteiger partial charge in [0.2, 0.25) is 0 Å². The summed E-state index contributed by atoms with van der Waals surface area (Å²) in [6.45, 7) is 3.45. The number of hydroxylamine groups is 1. The molecule has 0 aromatic rings. The van der Waals surface area contributed by atoms with Crippen LogP contribution in [0.2, 0.25) is 0 Å². The zero-order chi connectivity index (χ0) is 9.23. The Hall–Kier alpha value is 2.71. The van der Waals surface area contributed by atoms with Crippen molar-refractivity contribution in [2.24, 2.45) is 5.73 Å². The van der Waals surface area contributed by atoms with E-state index < -0.39 is 8.25 Å². The number of hydrogen-bond acceptors (Lipinski definition) is 5. The van der Waals surface area contributed by atoms with Crippen molar-refractivity contribution in [1.29, 1.82) is 0 Å². The summed E-state index contributed by atoms with van der Waals surface area (Å²) >= 11 is 0. The minimum absolute atomic E-state index is 0. The minimum atomic E-state index is -2.35. The predicted octanol–water partition coefficient (Wildman–Crippen LogP) is -0.624. The van der Waals surface area contributed by atoms with Crippen molar-refractivity contribution < 1.29 is 13.7 Å². The van der Waals surface area contributed by atoms with Crippen LogP contribution in [0.1, 0.15) is 19.8 Å². The number of rotatable bonds is 8. The van der Waals surface area contributed by atoms with E-state index in [0.717, 1.165) is 12.8 Å². The average molecular weight is 260 g/mol. The maximum atomic E-state index is 10.8. The van der Waals surface area contributed by atoms with Crippen LogP contribution < -0.4 is 11.2 Å². The number of nitrogens with two attached hydrogens (primary N) is 1. The van der Waals surface area contributed by atoms with E-state index in [9.17, 15) is 4.57 Å². The van der Waals surface area contributed by atoms with E-state index in [1.54, 1.807) is 0 Å². The molecule has 0 aliphatic carbocycles. The van der Waals surface area contributed by atoms with Crippen LogP contribution in [0.3, 0.4) is 0 Å². The van der Waals surface area contributed by atoms with Crippen LogP contribution in [0.25, 0.3) is 0 Å². The average Bonchev–Trinajstić information content (AvgIpc) is 2.06. The molecule has 0 aliphatic rings. The predicted molar refractivity (Wildman–Crippen MR) is 62.3 cm³/mol. The Kier molecular flexibility index (Phi) is 28.3. The molecule has 0 rings (SSSR count). The molecule has 0 spiro atoms. The number of hydrogen-bond donors (Lipinski definition) is 2. The van der Waals surface area contributed by atoms with E-state index in [-0.39, 0.29) is 80.9 Å². The molecular formula is C6H19KN2NaO3P. The summed E-state index contributed by atoms with van der Waals surface area (Å²) in [5, 5.41) is 0. The summed E-state index contributed by atoms with van der Waals surface area (Å²) < 4.78 is 20.3. The quantitative estimate of drug-likeness (QED) is 0.263. The van der Waals surface area contributed by atoms with E-state index in [4.69, 9.17) is 10.3 Å². The molecule has 0 radical (unpaired) electrons. The second kappa shape index (κ2) is 18.1. The summed E-state index contributed by atoms with van der Waals surface area (Å²) in [4.78, 5) is 0. The maximum absolute atomic E-state index is 10.8. The van der Waals surface area contributed by atoms with Gasteiger partial charge in [-0.15, -0.1) is 0 Å². The van der Waals surface area contributed by atoms with Crippen molar-refractivity contribution in [1.82, 2.24) is 5.48 Å². The van der Waals surface area contributed by atoms with Gasteiger partial charge in [0.1, 0.15) is 0 Å². The van der Waals surface area contributed by atoms with Gasteiger partial charge in [-0.2, -0.15) is 5.48 Å². The number of unbranched alkanes of at least 4 members (excludes halogenated alkanes) is 1. The van der Waals surface area contributed by atoms with Crippen LogP contribution in [0.15, 0.2) is 0 Å². The van der Waals surface area contributed by atoms with Crippen molar-refractivity contribution in [3.05, 3.63) is 0 Å². The zero-order valence-electron chi connectivity index (χ0n) is 7.34. The molecule has 0 heterocycles. The van der Waals surface area contributed by atoms with Crippen molar-refractivity contribution in [2.75, 3.05) is 19.7 Å². The molecular weight excluding hydrogens is 241 g/mol. The standard InChI is InChI=1S/C6H17N2O3P.K.Na.2H/c1-2-3-6-10-12(9)11-8-5-4-7;;;;/h8,12H,2-7H2,1H3;;;;. The van der Waals surface area contributed by atoms with Gasteiger partial charge in [0.25, 0.3) is 0 Å². The first-order chi connectivity index (χ1) is 5.81. The van der Waals surface area contributed by atoms with E-state index in [2.05, 4.69) is 10.1 Å². The normalized spacial score (nSPS) is 11.3. The zero-order valence-corrected chi connectivity index (χ0v) is 8.34. The van der Waals surface area contributed by atoms with E-state index in [1.807, 2.05) is 6.92 Å². The molecule has 0 saturated heterocycles. The van der Waals surface area contributed by atoms with Crippen LogP contribution in [0.4, 0.5) is 0 Å². The van der Waals surface area contributed by atoms with Crippen molar-refractivity contribution in [3.63, 3.8) is 0 Å². The molecule has 3 N–H and O–H groups in total. The third-order valence-corrected chi connectivity index (χ3v) is 1.87. The summed E-state index contributed by atoms with van der Waals surface area (Å²) in [6.07, 6.45) is 1.92. The molecule has 1 unspecified atom stereocenters. The second-order valence-electron chi connectivity index (χ2n) is 2.24. The van der Waals surface area contributed by atoms with Gasteiger partial charge >= 0.3 is 89.2 Å². The summed E-state index contributed by atoms with van der Waals surface area (Å²) in [6, 6.07) is 0. The molecule has 8 heteroatoms. The molecule has 0 aromatic carbocycles. The Morgan fingerprint density at radius 2 is 2.14 bits per heavy atom. The summed E-state index contributed by atoms with van der Waals surface area (Å²) in [5.74, 6) is 0. The Bertz CT molecular complexity index is 122. The van der Waals surface area contributed by atoms with Gasteiger partial charge < -0.3 is 10.3 Å². The van der Waals surface area contributed by atoms with Crippen molar-refractivity contribution in [3.8, 4) is 0 Å². The fourth-order valence-electron chi connectivity index (χ4n) is 0.498. The van der Waals surface area contributed by atoms with E-state index in [0.29, 0.717) is 19.7 Å². The van der Waals surface area contributed by atoms with E-state index >= 15 is 0 Å². The topological polar surface area (TPSA) is 73.6 Å². The van der Waals surface area contributed by atoms with Gasteiger partial charge in [-0.1, -0.05) is 13.3 Å². The Balaban J connectivity index is -0.000000605. The van der Waals surface area contributed by atoms with Crippen LogP contribution in [-0.2, 0) is 13.7 Å². The molecule has 78 valence electrons. The molecule has 0 aromatic heterocycles. The molecule has 1 atom stereocenters. The van der Waals surface area contributed by atoms with Gasteiger partial charge in [0.05, 0.1) is 6.61 Å². The summed E-state index contributed by atoms with van der Waals surface area (Å²) in [5.41, 5.74) is 7.61. The Labute approximate surface area is 151 Å². The molecule has 0 bridgehead atoms. The first-order valence-corrected chi connectivity index (χ1v) is 5.30. The van der Waals surface area contributed by atoms with Gasteiger partial charge in [-0.25, -0.2) is 4.62 Å². The Morgan fingerprint density at radius 3 is 2.64 bits per heavy atom. The molecule has 0 saturated carbocycles. The van der Waals surface area contributed by atoms with E-state index in [1.165, 1.54) is 0 Å². The molecule has 14 heavy (non-hydrogen) atoms. The fraction of sp³-hybridized carbons (Fsp3) is 1.00.